The van der Waals surface area contributed by atoms with Gasteiger partial charge in [-0.1, -0.05) is 8.19 Å². The van der Waals surface area contributed by atoms with Crippen LogP contribution >= 0.6 is 8.19 Å². The SMILES string of the molecule is COCCOCCn1cc(-c2ccc(OC)c3nc(C)cpc23)cn1. The molecule has 0 amide bonds. The molecule has 1 aromatic carbocycles. The first-order valence-corrected chi connectivity index (χ1v) is 9.09. The number of fused-ring (bicyclic) bond motifs is 1. The van der Waals surface area contributed by atoms with Gasteiger partial charge in [-0.05, 0) is 30.4 Å². The number of aryl methyl sites for hydroxylation is 1. The van der Waals surface area contributed by atoms with Gasteiger partial charge in [0.25, 0.3) is 0 Å². The van der Waals surface area contributed by atoms with Crippen molar-refractivity contribution in [3.05, 3.63) is 36.0 Å². The number of hydrogen-bond donors (Lipinski definition) is 0. The molecule has 3 rings (SSSR count). The first kappa shape index (κ1) is 17.8. The zero-order valence-electron chi connectivity index (χ0n) is 14.7. The van der Waals surface area contributed by atoms with E-state index in [0.717, 1.165) is 41.4 Å². The van der Waals surface area contributed by atoms with Gasteiger partial charge in [-0.15, -0.1) is 0 Å². The summed E-state index contributed by atoms with van der Waals surface area (Å²) in [6, 6.07) is 4.04. The van der Waals surface area contributed by atoms with Gasteiger partial charge in [0.1, 0.15) is 11.3 Å². The number of ether oxygens (including phenoxy) is 3. The molecule has 0 aliphatic rings. The van der Waals surface area contributed by atoms with Crippen LogP contribution in [0.3, 0.4) is 0 Å². The van der Waals surface area contributed by atoms with Gasteiger partial charge < -0.3 is 14.2 Å². The molecule has 0 spiro atoms. The summed E-state index contributed by atoms with van der Waals surface area (Å²) in [5.74, 6) is 2.91. The highest BCUT2D eigenvalue weighted by Crippen LogP contribution is 2.37. The summed E-state index contributed by atoms with van der Waals surface area (Å²) >= 11 is 0. The first-order valence-electron chi connectivity index (χ1n) is 8.12. The van der Waals surface area contributed by atoms with E-state index >= 15 is 0 Å². The number of aromatic nitrogens is 3. The highest BCUT2D eigenvalue weighted by molar-refractivity contribution is 7.36. The normalized spacial score (nSPS) is 11.5. The Morgan fingerprint density at radius 3 is 2.84 bits per heavy atom. The van der Waals surface area contributed by atoms with Crippen LogP contribution in [0.5, 0.6) is 5.75 Å². The van der Waals surface area contributed by atoms with Crippen molar-refractivity contribution >= 4 is 18.8 Å². The van der Waals surface area contributed by atoms with Crippen LogP contribution < -0.4 is 4.74 Å². The predicted octanol–water partition coefficient (Wildman–Crippen LogP) is 3.66. The van der Waals surface area contributed by atoms with E-state index in [0.29, 0.717) is 26.4 Å². The summed E-state index contributed by atoms with van der Waals surface area (Å²) in [5, 5.41) is 5.60. The van der Waals surface area contributed by atoms with E-state index in [1.165, 1.54) is 0 Å². The molecule has 6 nitrogen and oxygen atoms in total. The average molecular weight is 359 g/mol. The lowest BCUT2D eigenvalue weighted by Crippen LogP contribution is -2.09. The van der Waals surface area contributed by atoms with Crippen molar-refractivity contribution in [2.75, 3.05) is 34.0 Å². The fourth-order valence-corrected chi connectivity index (χ4v) is 3.59. The molecule has 0 unspecified atom stereocenters. The number of methoxy groups -OCH3 is 2. The van der Waals surface area contributed by atoms with E-state index in [4.69, 9.17) is 14.2 Å². The zero-order valence-corrected chi connectivity index (χ0v) is 15.6. The molecule has 0 saturated heterocycles. The van der Waals surface area contributed by atoms with E-state index in [-0.39, 0.29) is 0 Å². The molecule has 0 radical (unpaired) electrons. The molecule has 3 aromatic rings. The fourth-order valence-electron chi connectivity index (χ4n) is 2.59. The van der Waals surface area contributed by atoms with Crippen LogP contribution in [0, 0.1) is 6.92 Å². The molecule has 0 aliphatic carbocycles. The van der Waals surface area contributed by atoms with Crippen LogP contribution in [-0.2, 0) is 16.0 Å². The Morgan fingerprint density at radius 1 is 1.16 bits per heavy atom. The van der Waals surface area contributed by atoms with Crippen LogP contribution in [0.15, 0.2) is 30.3 Å². The van der Waals surface area contributed by atoms with Gasteiger partial charge in [-0.3, -0.25) is 4.68 Å². The minimum atomic E-state index is 0.600. The first-order chi connectivity index (χ1) is 12.2. The number of hydrogen-bond acceptors (Lipinski definition) is 5. The summed E-state index contributed by atoms with van der Waals surface area (Å²) in [6.07, 6.45) is 3.93. The number of rotatable bonds is 8. The highest BCUT2D eigenvalue weighted by atomic mass is 31.0. The lowest BCUT2D eigenvalue weighted by atomic mass is 10.1. The molecule has 0 N–H and O–H groups in total. The van der Waals surface area contributed by atoms with Crippen molar-refractivity contribution in [1.82, 2.24) is 14.8 Å². The molecule has 0 aliphatic heterocycles. The Balaban J connectivity index is 1.83. The van der Waals surface area contributed by atoms with Crippen LogP contribution in [-0.4, -0.2) is 48.8 Å². The van der Waals surface area contributed by atoms with E-state index in [1.807, 2.05) is 30.1 Å². The van der Waals surface area contributed by atoms with Gasteiger partial charge in [0, 0.05) is 29.7 Å². The molecule has 2 heterocycles. The van der Waals surface area contributed by atoms with Gasteiger partial charge in [-0.25, -0.2) is 4.98 Å². The molecule has 7 heteroatoms. The smallest absolute Gasteiger partial charge is 0.145 e. The molecule has 0 fully saturated rings. The second kappa shape index (κ2) is 8.39. The van der Waals surface area contributed by atoms with Crippen LogP contribution in [0.25, 0.3) is 21.8 Å². The summed E-state index contributed by atoms with van der Waals surface area (Å²) in [4.78, 5) is 4.66. The quantitative estimate of drug-likeness (QED) is 0.575. The molecule has 25 heavy (non-hydrogen) atoms. The van der Waals surface area contributed by atoms with E-state index < -0.39 is 0 Å². The van der Waals surface area contributed by atoms with Gasteiger partial charge in [0.15, 0.2) is 0 Å². The van der Waals surface area contributed by atoms with Gasteiger partial charge in [0.05, 0.1) is 39.7 Å². The molecule has 0 saturated carbocycles. The molecule has 2 aromatic heterocycles. The Morgan fingerprint density at radius 2 is 2.04 bits per heavy atom. The van der Waals surface area contributed by atoms with E-state index in [9.17, 15) is 0 Å². The van der Waals surface area contributed by atoms with Crippen LogP contribution in [0.2, 0.25) is 0 Å². The minimum absolute atomic E-state index is 0.600. The number of benzene rings is 1. The lowest BCUT2D eigenvalue weighted by molar-refractivity contribution is 0.0654. The Hall–Kier alpha value is -2.01. The van der Waals surface area contributed by atoms with Crippen molar-refractivity contribution < 1.29 is 14.2 Å². The van der Waals surface area contributed by atoms with E-state index in [1.54, 1.807) is 14.2 Å². The maximum Gasteiger partial charge on any atom is 0.145 e. The Labute approximate surface area is 148 Å². The minimum Gasteiger partial charge on any atom is -0.494 e. The maximum absolute atomic E-state index is 5.50. The topological polar surface area (TPSA) is 58.4 Å². The highest BCUT2D eigenvalue weighted by Gasteiger charge is 2.12. The van der Waals surface area contributed by atoms with Crippen molar-refractivity contribution in [3.8, 4) is 16.9 Å². The van der Waals surface area contributed by atoms with Gasteiger partial charge in [0.2, 0.25) is 0 Å². The van der Waals surface area contributed by atoms with Crippen molar-refractivity contribution in [1.29, 1.82) is 0 Å². The van der Waals surface area contributed by atoms with Crippen molar-refractivity contribution in [2.45, 2.75) is 13.5 Å². The third kappa shape index (κ3) is 4.15. The van der Waals surface area contributed by atoms with Crippen molar-refractivity contribution in [2.24, 2.45) is 0 Å². The summed E-state index contributed by atoms with van der Waals surface area (Å²) in [5.41, 5.74) is 4.13. The fraction of sp³-hybridized carbons (Fsp3) is 0.389. The summed E-state index contributed by atoms with van der Waals surface area (Å²) < 4.78 is 17.8. The molecular weight excluding hydrogens is 337 g/mol. The van der Waals surface area contributed by atoms with Crippen LogP contribution in [0.4, 0.5) is 0 Å². The largest absolute Gasteiger partial charge is 0.494 e. The molecular formula is C18H22N3O3P. The average Bonchev–Trinajstić information content (AvgIpc) is 3.09. The predicted molar refractivity (Wildman–Crippen MR) is 99.5 cm³/mol. The van der Waals surface area contributed by atoms with Gasteiger partial charge >= 0.3 is 0 Å². The second-order valence-electron chi connectivity index (χ2n) is 5.62. The third-order valence-corrected chi connectivity index (χ3v) is 5.06. The summed E-state index contributed by atoms with van der Waals surface area (Å²) in [7, 11) is 4.47. The monoisotopic (exact) mass is 359 g/mol. The number of nitrogens with zero attached hydrogens (tertiary/aromatic N) is 3. The second-order valence-corrected chi connectivity index (χ2v) is 6.58. The lowest BCUT2D eigenvalue weighted by Gasteiger charge is -2.09. The third-order valence-electron chi connectivity index (χ3n) is 3.84. The summed E-state index contributed by atoms with van der Waals surface area (Å²) in [6.45, 7) is 4.54. The Kier molecular flexibility index (Phi) is 5.97. The van der Waals surface area contributed by atoms with Crippen LogP contribution in [0.1, 0.15) is 5.69 Å². The molecule has 0 atom stereocenters. The van der Waals surface area contributed by atoms with E-state index in [2.05, 4.69) is 21.9 Å². The maximum atomic E-state index is 5.50. The Bertz CT molecular complexity index is 851. The molecule has 0 bridgehead atoms. The molecule has 132 valence electrons. The van der Waals surface area contributed by atoms with Crippen molar-refractivity contribution in [3.63, 3.8) is 0 Å². The zero-order chi connectivity index (χ0) is 17.6. The standard InChI is InChI=1S/C18H22N3O3P/c1-13-12-25-18-15(4-5-16(23-3)17(18)20-13)14-10-19-21(11-14)6-7-24-9-8-22-2/h4-5,10-12H,6-9H2,1-3H3. The van der Waals surface area contributed by atoms with Gasteiger partial charge in [-0.2, -0.15) is 5.10 Å².